The van der Waals surface area contributed by atoms with Crippen molar-refractivity contribution < 1.29 is 24.9 Å². The summed E-state index contributed by atoms with van der Waals surface area (Å²) < 4.78 is 6.70. The number of Topliss-reactive ketones (excluding diaryl/α,β-unsaturated/α-hetero) is 1. The van der Waals surface area contributed by atoms with Crippen LogP contribution in [0, 0.1) is 0 Å². The van der Waals surface area contributed by atoms with Crippen LogP contribution in [0.4, 0.5) is 5.82 Å². The SMILES string of the molecule is CC(=O)c1nc2c(N)ncnc2n1C1OC(CO)C(O)C1O. The van der Waals surface area contributed by atoms with Crippen molar-refractivity contribution in [2.75, 3.05) is 12.3 Å². The van der Waals surface area contributed by atoms with E-state index in [2.05, 4.69) is 15.0 Å². The van der Waals surface area contributed by atoms with Gasteiger partial charge in [-0.25, -0.2) is 15.0 Å². The van der Waals surface area contributed by atoms with E-state index in [1.807, 2.05) is 0 Å². The second-order valence-corrected chi connectivity index (χ2v) is 5.02. The molecule has 22 heavy (non-hydrogen) atoms. The predicted molar refractivity (Wildman–Crippen MR) is 72.7 cm³/mol. The molecule has 1 saturated heterocycles. The molecule has 3 heterocycles. The summed E-state index contributed by atoms with van der Waals surface area (Å²) >= 11 is 0. The molecule has 3 rings (SSSR count). The third-order valence-electron chi connectivity index (χ3n) is 3.59. The number of nitrogens with two attached hydrogens (primary N) is 1. The number of carbonyl (C=O) groups excluding carboxylic acids is 1. The van der Waals surface area contributed by atoms with Gasteiger partial charge in [0.1, 0.15) is 24.6 Å². The molecule has 1 aliphatic rings. The molecule has 0 aromatic carbocycles. The Balaban J connectivity index is 2.19. The molecule has 0 bridgehead atoms. The zero-order chi connectivity index (χ0) is 16.0. The lowest BCUT2D eigenvalue weighted by Gasteiger charge is -2.18. The number of rotatable bonds is 3. The van der Waals surface area contributed by atoms with Crippen LogP contribution in [0.1, 0.15) is 23.8 Å². The molecule has 10 nitrogen and oxygen atoms in total. The molecular formula is C12H15N5O5. The topological polar surface area (TPSA) is 157 Å². The van der Waals surface area contributed by atoms with Gasteiger partial charge >= 0.3 is 0 Å². The van der Waals surface area contributed by atoms with E-state index >= 15 is 0 Å². The van der Waals surface area contributed by atoms with Crippen molar-refractivity contribution in [1.82, 2.24) is 19.5 Å². The summed E-state index contributed by atoms with van der Waals surface area (Å²) in [5.74, 6) is -0.342. The number of ketones is 1. The minimum absolute atomic E-state index is 0.0305. The van der Waals surface area contributed by atoms with Gasteiger partial charge in [-0.3, -0.25) is 9.36 Å². The first-order chi connectivity index (χ1) is 10.5. The summed E-state index contributed by atoms with van der Waals surface area (Å²) in [6.07, 6.45) is -3.56. The Morgan fingerprint density at radius 3 is 2.73 bits per heavy atom. The van der Waals surface area contributed by atoms with Crippen molar-refractivity contribution in [2.45, 2.75) is 31.5 Å². The molecule has 1 fully saturated rings. The number of nitrogens with zero attached hydrogens (tertiary/aromatic N) is 4. The van der Waals surface area contributed by atoms with Gasteiger partial charge in [0, 0.05) is 6.92 Å². The van der Waals surface area contributed by atoms with Gasteiger partial charge in [0.05, 0.1) is 6.61 Å². The fourth-order valence-electron chi connectivity index (χ4n) is 2.51. The Bertz CT molecular complexity index is 732. The summed E-state index contributed by atoms with van der Waals surface area (Å²) in [5.41, 5.74) is 6.12. The van der Waals surface area contributed by atoms with Gasteiger partial charge in [-0.2, -0.15) is 0 Å². The van der Waals surface area contributed by atoms with E-state index in [4.69, 9.17) is 10.5 Å². The van der Waals surface area contributed by atoms with E-state index in [1.165, 1.54) is 17.8 Å². The molecule has 0 amide bonds. The average Bonchev–Trinajstić information content (AvgIpc) is 3.00. The number of aliphatic hydroxyl groups is 3. The van der Waals surface area contributed by atoms with Crippen molar-refractivity contribution in [1.29, 1.82) is 0 Å². The number of hydrogen-bond donors (Lipinski definition) is 4. The summed E-state index contributed by atoms with van der Waals surface area (Å²) in [6, 6.07) is 0. The van der Waals surface area contributed by atoms with Crippen molar-refractivity contribution in [2.24, 2.45) is 0 Å². The maximum absolute atomic E-state index is 11.8. The lowest BCUT2D eigenvalue weighted by atomic mass is 10.1. The zero-order valence-electron chi connectivity index (χ0n) is 11.6. The fraction of sp³-hybridized carbons (Fsp3) is 0.500. The van der Waals surface area contributed by atoms with Crippen molar-refractivity contribution >= 4 is 22.8 Å². The van der Waals surface area contributed by atoms with Crippen molar-refractivity contribution in [3.8, 4) is 0 Å². The third kappa shape index (κ3) is 2.04. The zero-order valence-corrected chi connectivity index (χ0v) is 11.6. The van der Waals surface area contributed by atoms with Crippen LogP contribution in [0.5, 0.6) is 0 Å². The summed E-state index contributed by atoms with van der Waals surface area (Å²) in [4.78, 5) is 23.7. The molecule has 0 aliphatic carbocycles. The molecule has 0 spiro atoms. The highest BCUT2D eigenvalue weighted by Crippen LogP contribution is 2.33. The average molecular weight is 309 g/mol. The van der Waals surface area contributed by atoms with E-state index in [-0.39, 0.29) is 22.8 Å². The van der Waals surface area contributed by atoms with E-state index in [0.717, 1.165) is 0 Å². The molecule has 4 unspecified atom stereocenters. The molecule has 4 atom stereocenters. The number of aliphatic hydroxyl groups excluding tert-OH is 3. The number of aromatic nitrogens is 4. The van der Waals surface area contributed by atoms with Crippen molar-refractivity contribution in [3.63, 3.8) is 0 Å². The highest BCUT2D eigenvalue weighted by Gasteiger charge is 2.45. The highest BCUT2D eigenvalue weighted by molar-refractivity contribution is 5.95. The van der Waals surface area contributed by atoms with Crippen molar-refractivity contribution in [3.05, 3.63) is 12.2 Å². The number of ether oxygens (including phenoxy) is 1. The first-order valence-corrected chi connectivity index (χ1v) is 6.57. The smallest absolute Gasteiger partial charge is 0.195 e. The van der Waals surface area contributed by atoms with E-state index in [0.29, 0.717) is 0 Å². The third-order valence-corrected chi connectivity index (χ3v) is 3.59. The standard InChI is InChI=1S/C12H15N5O5/c1-4(19)10-16-6-9(13)14-3-15-11(6)17(10)12-8(21)7(20)5(2-18)22-12/h3,5,7-8,12,18,20-21H,2H2,1H3,(H2,13,14,15). The Hall–Kier alpha value is -2.14. The van der Waals surface area contributed by atoms with Crippen LogP contribution in [0.15, 0.2) is 6.33 Å². The predicted octanol–water partition coefficient (Wildman–Crippen LogP) is -1.78. The minimum atomic E-state index is -1.36. The molecule has 1 aliphatic heterocycles. The molecule has 118 valence electrons. The Kier molecular flexibility index (Phi) is 3.53. The summed E-state index contributed by atoms with van der Waals surface area (Å²) in [6.45, 7) is 0.816. The summed E-state index contributed by atoms with van der Waals surface area (Å²) in [5, 5.41) is 29.2. The Morgan fingerprint density at radius 1 is 1.41 bits per heavy atom. The van der Waals surface area contributed by atoms with Crippen LogP contribution in [-0.4, -0.2) is 65.5 Å². The number of carbonyl (C=O) groups is 1. The van der Waals surface area contributed by atoms with Crippen LogP contribution in [-0.2, 0) is 4.74 Å². The van der Waals surface area contributed by atoms with Crippen LogP contribution in [0.2, 0.25) is 0 Å². The lowest BCUT2D eigenvalue weighted by molar-refractivity contribution is -0.0517. The molecule has 0 saturated carbocycles. The monoisotopic (exact) mass is 309 g/mol. The Morgan fingerprint density at radius 2 is 2.14 bits per heavy atom. The molecule has 5 N–H and O–H groups in total. The second kappa shape index (κ2) is 5.25. The quantitative estimate of drug-likeness (QED) is 0.481. The molecular weight excluding hydrogens is 294 g/mol. The van der Waals surface area contributed by atoms with Gasteiger partial charge < -0.3 is 25.8 Å². The van der Waals surface area contributed by atoms with E-state index < -0.39 is 36.9 Å². The maximum Gasteiger partial charge on any atom is 0.195 e. The number of imidazole rings is 1. The van der Waals surface area contributed by atoms with Gasteiger partial charge in [0.25, 0.3) is 0 Å². The summed E-state index contributed by atoms with van der Waals surface area (Å²) in [7, 11) is 0. The number of anilines is 1. The first-order valence-electron chi connectivity index (χ1n) is 6.57. The molecule has 2 aromatic rings. The van der Waals surface area contributed by atoms with Crippen LogP contribution < -0.4 is 5.73 Å². The van der Waals surface area contributed by atoms with Crippen LogP contribution in [0.25, 0.3) is 11.2 Å². The number of fused-ring (bicyclic) bond motifs is 1. The number of nitrogen functional groups attached to an aromatic ring is 1. The maximum atomic E-state index is 11.8. The van der Waals surface area contributed by atoms with E-state index in [1.54, 1.807) is 0 Å². The first kappa shape index (κ1) is 14.8. The van der Waals surface area contributed by atoms with Crippen LogP contribution in [0.3, 0.4) is 0 Å². The molecule has 0 radical (unpaired) electrons. The van der Waals surface area contributed by atoms with Gasteiger partial charge in [-0.05, 0) is 0 Å². The lowest BCUT2D eigenvalue weighted by Crippen LogP contribution is -2.33. The molecule has 2 aromatic heterocycles. The second-order valence-electron chi connectivity index (χ2n) is 5.02. The Labute approximate surface area is 124 Å². The molecule has 10 heteroatoms. The fourth-order valence-corrected chi connectivity index (χ4v) is 2.51. The van der Waals surface area contributed by atoms with Gasteiger partial charge in [0.15, 0.2) is 34.8 Å². The normalized spacial score (nSPS) is 28.4. The minimum Gasteiger partial charge on any atom is -0.394 e. The largest absolute Gasteiger partial charge is 0.394 e. The van der Waals surface area contributed by atoms with E-state index in [9.17, 15) is 20.1 Å². The number of hydrogen-bond acceptors (Lipinski definition) is 9. The van der Waals surface area contributed by atoms with Gasteiger partial charge in [-0.1, -0.05) is 0 Å². The highest BCUT2D eigenvalue weighted by atomic mass is 16.6. The van der Waals surface area contributed by atoms with Gasteiger partial charge in [0.2, 0.25) is 0 Å². The van der Waals surface area contributed by atoms with Gasteiger partial charge in [-0.15, -0.1) is 0 Å². The van der Waals surface area contributed by atoms with Crippen LogP contribution >= 0.6 is 0 Å².